The van der Waals surface area contributed by atoms with E-state index >= 15 is 0 Å². The van der Waals surface area contributed by atoms with Crippen molar-refractivity contribution in [1.82, 2.24) is 19.4 Å². The van der Waals surface area contributed by atoms with Gasteiger partial charge < -0.3 is 14.2 Å². The molecule has 38 heavy (non-hydrogen) atoms. The predicted octanol–water partition coefficient (Wildman–Crippen LogP) is 5.00. The topological polar surface area (TPSA) is 63.5 Å². The molecule has 1 saturated heterocycles. The molecule has 4 aromatic rings. The first-order valence-electron chi connectivity index (χ1n) is 13.3. The van der Waals surface area contributed by atoms with E-state index in [9.17, 15) is 4.79 Å². The van der Waals surface area contributed by atoms with Gasteiger partial charge >= 0.3 is 5.97 Å². The summed E-state index contributed by atoms with van der Waals surface area (Å²) in [4.78, 5) is 26.5. The van der Waals surface area contributed by atoms with Gasteiger partial charge in [0.2, 0.25) is 0 Å². The van der Waals surface area contributed by atoms with Crippen LogP contribution in [0.5, 0.6) is 0 Å². The van der Waals surface area contributed by atoms with Crippen LogP contribution in [0, 0.1) is 6.92 Å². The van der Waals surface area contributed by atoms with Crippen LogP contribution in [0.2, 0.25) is 0 Å². The van der Waals surface area contributed by atoms with Gasteiger partial charge in [0.05, 0.1) is 24.6 Å². The van der Waals surface area contributed by atoms with Gasteiger partial charge in [-0.15, -0.1) is 0 Å². The van der Waals surface area contributed by atoms with Crippen molar-refractivity contribution in [1.29, 1.82) is 0 Å². The molecule has 0 N–H and O–H groups in total. The van der Waals surface area contributed by atoms with E-state index in [1.54, 1.807) is 18.3 Å². The zero-order chi connectivity index (χ0) is 26.3. The third kappa shape index (κ3) is 6.11. The van der Waals surface area contributed by atoms with Crippen LogP contribution in [0.1, 0.15) is 33.6 Å². The first-order chi connectivity index (χ1) is 18.6. The van der Waals surface area contributed by atoms with Crippen molar-refractivity contribution in [3.8, 4) is 11.5 Å². The molecule has 7 nitrogen and oxygen atoms in total. The lowest BCUT2D eigenvalue weighted by atomic mass is 10.1. The van der Waals surface area contributed by atoms with Gasteiger partial charge in [-0.2, -0.15) is 0 Å². The summed E-state index contributed by atoms with van der Waals surface area (Å²) in [6.07, 6.45) is 5.61. The molecule has 0 atom stereocenters. The van der Waals surface area contributed by atoms with E-state index < -0.39 is 0 Å². The zero-order valence-corrected chi connectivity index (χ0v) is 22.2. The van der Waals surface area contributed by atoms with E-state index in [0.29, 0.717) is 11.3 Å². The Morgan fingerprint density at radius 1 is 0.947 bits per heavy atom. The van der Waals surface area contributed by atoms with Crippen molar-refractivity contribution in [3.63, 3.8) is 0 Å². The maximum absolute atomic E-state index is 12.2. The highest BCUT2D eigenvalue weighted by atomic mass is 16.5. The fourth-order valence-corrected chi connectivity index (χ4v) is 5.04. The highest BCUT2D eigenvalue weighted by Gasteiger charge is 2.20. The molecule has 0 amide bonds. The summed E-state index contributed by atoms with van der Waals surface area (Å²) in [5, 5.41) is 0. The fraction of sp³-hybridized carbons (Fsp3) is 0.323. The molecule has 2 aromatic heterocycles. The normalized spacial score (nSPS) is 14.3. The number of hydrogen-bond acceptors (Lipinski definition) is 6. The van der Waals surface area contributed by atoms with E-state index in [0.717, 1.165) is 63.6 Å². The van der Waals surface area contributed by atoms with Crippen molar-refractivity contribution >= 4 is 11.7 Å². The highest BCUT2D eigenvalue weighted by Crippen LogP contribution is 2.23. The van der Waals surface area contributed by atoms with Crippen LogP contribution in [0.25, 0.3) is 11.5 Å². The summed E-state index contributed by atoms with van der Waals surface area (Å²) in [5.41, 5.74) is 6.13. The maximum atomic E-state index is 12.2. The van der Waals surface area contributed by atoms with Crippen molar-refractivity contribution < 1.29 is 9.53 Å². The quantitative estimate of drug-likeness (QED) is 0.312. The van der Waals surface area contributed by atoms with Gasteiger partial charge in [0.1, 0.15) is 5.69 Å². The minimum Gasteiger partial charge on any atom is -0.465 e. The number of carbonyl (C=O) groups excluding carboxylic acids is 1. The average molecular weight is 510 g/mol. The number of aromatic nitrogens is 3. The number of carbonyl (C=O) groups is 1. The molecular formula is C31H35N5O2. The second-order valence-corrected chi connectivity index (χ2v) is 9.83. The summed E-state index contributed by atoms with van der Waals surface area (Å²) in [7, 11) is 1.39. The van der Waals surface area contributed by atoms with Crippen LogP contribution in [0.4, 0.5) is 5.69 Å². The largest absolute Gasteiger partial charge is 0.465 e. The Balaban J connectivity index is 1.38. The minimum atomic E-state index is -0.376. The molecule has 2 aromatic carbocycles. The molecule has 1 fully saturated rings. The fourth-order valence-electron chi connectivity index (χ4n) is 5.04. The van der Waals surface area contributed by atoms with E-state index in [1.165, 1.54) is 23.9 Å². The van der Waals surface area contributed by atoms with Gasteiger partial charge in [-0.25, -0.2) is 9.78 Å². The van der Waals surface area contributed by atoms with Crippen molar-refractivity contribution in [2.24, 2.45) is 0 Å². The number of anilines is 1. The number of benzene rings is 2. The number of aryl methyl sites for hydroxylation is 2. The van der Waals surface area contributed by atoms with Gasteiger partial charge in [0, 0.05) is 51.2 Å². The van der Waals surface area contributed by atoms with Crippen LogP contribution in [0.3, 0.4) is 0 Å². The highest BCUT2D eigenvalue weighted by molar-refractivity contribution is 5.90. The Morgan fingerprint density at radius 2 is 1.76 bits per heavy atom. The lowest BCUT2D eigenvalue weighted by Crippen LogP contribution is -2.31. The van der Waals surface area contributed by atoms with E-state index in [1.807, 2.05) is 6.20 Å². The molecule has 196 valence electrons. The first kappa shape index (κ1) is 25.7. The number of hydrogen-bond donors (Lipinski definition) is 0. The Kier molecular flexibility index (Phi) is 8.14. The van der Waals surface area contributed by atoms with Crippen molar-refractivity contribution in [2.45, 2.75) is 32.9 Å². The number of methoxy groups -OCH3 is 1. The molecule has 0 radical (unpaired) electrons. The Hall–Kier alpha value is -3.97. The summed E-state index contributed by atoms with van der Waals surface area (Å²) in [6.45, 7) is 7.79. The standard InChI is InChI=1S/C31H35N5O2/c1-24-9-11-25(12-10-24)14-18-36-28(22-33-30(36)29-21-26(13-15-32-29)31(37)38-2)23-34-16-6-17-35(20-19-34)27-7-4-3-5-8-27/h3-5,7-13,15,21-22H,6,14,16-20,23H2,1-2H3. The summed E-state index contributed by atoms with van der Waals surface area (Å²) >= 11 is 0. The first-order valence-corrected chi connectivity index (χ1v) is 13.3. The molecule has 0 unspecified atom stereocenters. The van der Waals surface area contributed by atoms with Crippen LogP contribution >= 0.6 is 0 Å². The molecule has 0 aliphatic carbocycles. The molecule has 0 spiro atoms. The van der Waals surface area contributed by atoms with Crippen LogP contribution < -0.4 is 4.90 Å². The number of para-hydroxylation sites is 1. The third-order valence-corrected chi connectivity index (χ3v) is 7.19. The smallest absolute Gasteiger partial charge is 0.337 e. The maximum Gasteiger partial charge on any atom is 0.337 e. The Bertz CT molecular complexity index is 1350. The third-order valence-electron chi connectivity index (χ3n) is 7.19. The molecule has 3 heterocycles. The molecule has 5 rings (SSSR count). The predicted molar refractivity (Wildman–Crippen MR) is 150 cm³/mol. The van der Waals surface area contributed by atoms with E-state index in [2.05, 4.69) is 80.9 Å². The second kappa shape index (κ2) is 12.0. The van der Waals surface area contributed by atoms with Crippen LogP contribution in [-0.4, -0.2) is 58.7 Å². The number of rotatable bonds is 8. The molecule has 1 aliphatic rings. The SMILES string of the molecule is COC(=O)c1ccnc(-c2ncc(CN3CCCN(c4ccccc4)CC3)n2CCc2ccc(C)cc2)c1. The van der Waals surface area contributed by atoms with Crippen molar-refractivity contribution in [3.05, 3.63) is 102 Å². The van der Waals surface area contributed by atoms with Crippen molar-refractivity contribution in [2.75, 3.05) is 38.2 Å². The van der Waals surface area contributed by atoms with Gasteiger partial charge in [-0.3, -0.25) is 9.88 Å². The second-order valence-electron chi connectivity index (χ2n) is 9.83. The van der Waals surface area contributed by atoms with Gasteiger partial charge in [-0.05, 0) is 49.6 Å². The van der Waals surface area contributed by atoms with Gasteiger partial charge in [0.15, 0.2) is 5.82 Å². The lowest BCUT2D eigenvalue weighted by Gasteiger charge is -2.24. The van der Waals surface area contributed by atoms with Crippen LogP contribution in [-0.2, 0) is 24.2 Å². The number of esters is 1. The summed E-state index contributed by atoms with van der Waals surface area (Å²) in [5.74, 6) is 0.401. The monoisotopic (exact) mass is 509 g/mol. The van der Waals surface area contributed by atoms with Gasteiger partial charge in [0.25, 0.3) is 0 Å². The molecule has 0 saturated carbocycles. The van der Waals surface area contributed by atoms with E-state index in [-0.39, 0.29) is 5.97 Å². The lowest BCUT2D eigenvalue weighted by molar-refractivity contribution is 0.0600. The number of ether oxygens (including phenoxy) is 1. The zero-order valence-electron chi connectivity index (χ0n) is 22.2. The minimum absolute atomic E-state index is 0.376. The average Bonchev–Trinajstić information content (AvgIpc) is 3.20. The number of nitrogens with zero attached hydrogens (tertiary/aromatic N) is 5. The molecular weight excluding hydrogens is 474 g/mol. The number of pyridine rings is 1. The summed E-state index contributed by atoms with van der Waals surface area (Å²) in [6, 6.07) is 22.8. The Labute approximate surface area is 224 Å². The van der Waals surface area contributed by atoms with E-state index in [4.69, 9.17) is 9.72 Å². The van der Waals surface area contributed by atoms with Gasteiger partial charge in [-0.1, -0.05) is 48.0 Å². The Morgan fingerprint density at radius 3 is 2.55 bits per heavy atom. The molecule has 1 aliphatic heterocycles. The number of imidazole rings is 1. The molecule has 7 heteroatoms. The molecule has 0 bridgehead atoms. The van der Waals surface area contributed by atoms with Crippen LogP contribution in [0.15, 0.2) is 79.1 Å². The summed E-state index contributed by atoms with van der Waals surface area (Å²) < 4.78 is 7.19.